The van der Waals surface area contributed by atoms with E-state index in [4.69, 9.17) is 10.6 Å². The van der Waals surface area contributed by atoms with Crippen LogP contribution in [0.1, 0.15) is 13.3 Å². The number of rotatable bonds is 5. The standard InChI is InChI=1S/C10H16N4O5S2/c1-6-7(3-4-19-6)13(2)21(17,18)9-5-8(14(15)16)10(12-11)20-9/h5-7,12H,3-4,11H2,1-2H3. The van der Waals surface area contributed by atoms with Crippen LogP contribution in [0.4, 0.5) is 10.7 Å². The molecule has 2 heterocycles. The number of anilines is 1. The molecule has 1 aromatic rings. The van der Waals surface area contributed by atoms with Gasteiger partial charge in [-0.05, 0) is 13.3 Å². The van der Waals surface area contributed by atoms with E-state index >= 15 is 0 Å². The summed E-state index contributed by atoms with van der Waals surface area (Å²) in [5.74, 6) is 5.19. The predicted molar refractivity (Wildman–Crippen MR) is 77.6 cm³/mol. The fourth-order valence-corrected chi connectivity index (χ4v) is 5.11. The second kappa shape index (κ2) is 5.85. The van der Waals surface area contributed by atoms with Crippen molar-refractivity contribution in [2.45, 2.75) is 29.7 Å². The van der Waals surface area contributed by atoms with E-state index in [-0.39, 0.29) is 27.0 Å². The van der Waals surface area contributed by atoms with Crippen LogP contribution in [0.5, 0.6) is 0 Å². The quantitative estimate of drug-likeness (QED) is 0.461. The van der Waals surface area contributed by atoms with Crippen molar-refractivity contribution in [1.29, 1.82) is 0 Å². The number of nitrogens with zero attached hydrogens (tertiary/aromatic N) is 2. The summed E-state index contributed by atoms with van der Waals surface area (Å²) in [6.45, 7) is 2.29. The van der Waals surface area contributed by atoms with E-state index in [9.17, 15) is 18.5 Å². The van der Waals surface area contributed by atoms with E-state index < -0.39 is 14.9 Å². The van der Waals surface area contributed by atoms with Gasteiger partial charge in [0.2, 0.25) is 0 Å². The Labute approximate surface area is 125 Å². The molecule has 2 rings (SSSR count). The van der Waals surface area contributed by atoms with Gasteiger partial charge in [-0.3, -0.25) is 10.1 Å². The van der Waals surface area contributed by atoms with E-state index in [0.29, 0.717) is 13.0 Å². The number of likely N-dealkylation sites (N-methyl/N-ethyl adjacent to an activating group) is 1. The zero-order valence-electron chi connectivity index (χ0n) is 11.5. The van der Waals surface area contributed by atoms with E-state index in [1.807, 2.05) is 0 Å². The zero-order chi connectivity index (χ0) is 15.8. The Kier molecular flexibility index (Phi) is 4.49. The van der Waals surface area contributed by atoms with Crippen molar-refractivity contribution in [2.24, 2.45) is 5.84 Å². The summed E-state index contributed by atoms with van der Waals surface area (Å²) < 4.78 is 31.6. The molecule has 1 fully saturated rings. The van der Waals surface area contributed by atoms with Crippen LogP contribution in [-0.2, 0) is 14.8 Å². The average molecular weight is 336 g/mol. The minimum absolute atomic E-state index is 0.00250. The van der Waals surface area contributed by atoms with Crippen molar-refractivity contribution in [2.75, 3.05) is 19.1 Å². The SMILES string of the molecule is CC1OCCC1N(C)S(=O)(=O)c1cc([N+](=O)[O-])c(NN)s1. The van der Waals surface area contributed by atoms with Crippen LogP contribution < -0.4 is 11.3 Å². The Morgan fingerprint density at radius 1 is 1.62 bits per heavy atom. The summed E-state index contributed by atoms with van der Waals surface area (Å²) in [7, 11) is -2.38. The maximum atomic E-state index is 12.6. The van der Waals surface area contributed by atoms with Gasteiger partial charge in [0.15, 0.2) is 5.00 Å². The van der Waals surface area contributed by atoms with Crippen molar-refractivity contribution in [3.05, 3.63) is 16.2 Å². The van der Waals surface area contributed by atoms with Crippen molar-refractivity contribution >= 4 is 32.0 Å². The highest BCUT2D eigenvalue weighted by Gasteiger charge is 2.37. The Balaban J connectivity index is 2.37. The number of thiophene rings is 1. The molecule has 0 bridgehead atoms. The Bertz CT molecular complexity index is 644. The molecule has 1 aliphatic rings. The van der Waals surface area contributed by atoms with Crippen LogP contribution in [0.2, 0.25) is 0 Å². The van der Waals surface area contributed by atoms with Crippen molar-refractivity contribution in [1.82, 2.24) is 4.31 Å². The molecule has 9 nitrogen and oxygen atoms in total. The molecule has 118 valence electrons. The molecular formula is C10H16N4O5S2. The first-order valence-corrected chi connectivity index (χ1v) is 8.39. The molecule has 0 aromatic carbocycles. The highest BCUT2D eigenvalue weighted by atomic mass is 32.2. The number of hydrogen-bond donors (Lipinski definition) is 2. The lowest BCUT2D eigenvalue weighted by atomic mass is 10.2. The first-order valence-electron chi connectivity index (χ1n) is 6.13. The van der Waals surface area contributed by atoms with Gasteiger partial charge in [-0.25, -0.2) is 14.3 Å². The third-order valence-electron chi connectivity index (χ3n) is 3.45. The Hall–Kier alpha value is -1.27. The molecule has 11 heteroatoms. The Morgan fingerprint density at radius 2 is 2.29 bits per heavy atom. The van der Waals surface area contributed by atoms with E-state index in [2.05, 4.69) is 5.43 Å². The second-order valence-electron chi connectivity index (χ2n) is 4.63. The van der Waals surface area contributed by atoms with Crippen LogP contribution in [-0.4, -0.2) is 43.4 Å². The summed E-state index contributed by atoms with van der Waals surface area (Å²) in [5, 5.41) is 10.9. The molecule has 0 amide bonds. The fraction of sp³-hybridized carbons (Fsp3) is 0.600. The normalized spacial score (nSPS) is 22.7. The number of nitrogen functional groups attached to an aromatic ring is 1. The Morgan fingerprint density at radius 3 is 2.71 bits per heavy atom. The van der Waals surface area contributed by atoms with E-state index in [1.165, 1.54) is 11.4 Å². The van der Waals surface area contributed by atoms with Crippen LogP contribution in [0, 0.1) is 10.1 Å². The number of hydrogen-bond acceptors (Lipinski definition) is 8. The molecule has 0 saturated carbocycles. The molecule has 1 aromatic heterocycles. The van der Waals surface area contributed by atoms with E-state index in [0.717, 1.165) is 17.4 Å². The van der Waals surface area contributed by atoms with Crippen molar-refractivity contribution in [3.8, 4) is 0 Å². The first-order chi connectivity index (χ1) is 9.78. The fourth-order valence-electron chi connectivity index (χ4n) is 2.24. The molecule has 1 saturated heterocycles. The van der Waals surface area contributed by atoms with Gasteiger partial charge >= 0.3 is 5.69 Å². The van der Waals surface area contributed by atoms with Gasteiger partial charge in [-0.2, -0.15) is 4.31 Å². The highest BCUT2D eigenvalue weighted by molar-refractivity contribution is 7.91. The van der Waals surface area contributed by atoms with Crippen molar-refractivity contribution < 1.29 is 18.1 Å². The van der Waals surface area contributed by atoms with Crippen LogP contribution >= 0.6 is 11.3 Å². The molecule has 3 N–H and O–H groups in total. The molecule has 1 aliphatic heterocycles. The number of nitrogens with one attached hydrogen (secondary N) is 1. The zero-order valence-corrected chi connectivity index (χ0v) is 13.1. The van der Waals surface area contributed by atoms with Gasteiger partial charge in [0.25, 0.3) is 10.0 Å². The third-order valence-corrected chi connectivity index (χ3v) is 6.84. The topological polar surface area (TPSA) is 128 Å². The summed E-state index contributed by atoms with van der Waals surface area (Å²) in [6.07, 6.45) is 0.374. The van der Waals surface area contributed by atoms with Gasteiger partial charge in [0.1, 0.15) is 4.21 Å². The second-order valence-corrected chi connectivity index (χ2v) is 7.91. The number of hydrazine groups is 1. The number of nitro groups is 1. The molecule has 0 radical (unpaired) electrons. The summed E-state index contributed by atoms with van der Waals surface area (Å²) >= 11 is 0.735. The van der Waals surface area contributed by atoms with Gasteiger partial charge in [0.05, 0.1) is 17.1 Å². The summed E-state index contributed by atoms with van der Waals surface area (Å²) in [4.78, 5) is 10.2. The smallest absolute Gasteiger partial charge is 0.306 e. The average Bonchev–Trinajstić information content (AvgIpc) is 3.03. The summed E-state index contributed by atoms with van der Waals surface area (Å²) in [6, 6.07) is 0.733. The van der Waals surface area contributed by atoms with Crippen LogP contribution in [0.25, 0.3) is 0 Å². The van der Waals surface area contributed by atoms with Gasteiger partial charge in [-0.15, -0.1) is 0 Å². The monoisotopic (exact) mass is 336 g/mol. The van der Waals surface area contributed by atoms with Crippen LogP contribution in [0.15, 0.2) is 10.3 Å². The maximum Gasteiger partial charge on any atom is 0.306 e. The number of ether oxygens (including phenoxy) is 1. The molecule has 2 atom stereocenters. The predicted octanol–water partition coefficient (Wildman–Crippen LogP) is 0.740. The lowest BCUT2D eigenvalue weighted by Gasteiger charge is -2.25. The molecule has 21 heavy (non-hydrogen) atoms. The van der Waals surface area contributed by atoms with Gasteiger partial charge in [-0.1, -0.05) is 11.3 Å². The summed E-state index contributed by atoms with van der Waals surface area (Å²) in [5.41, 5.74) is 1.80. The van der Waals surface area contributed by atoms with Crippen LogP contribution in [0.3, 0.4) is 0 Å². The third kappa shape index (κ3) is 2.87. The maximum absolute atomic E-state index is 12.6. The van der Waals surface area contributed by atoms with Crippen molar-refractivity contribution in [3.63, 3.8) is 0 Å². The van der Waals surface area contributed by atoms with Gasteiger partial charge in [0, 0.05) is 19.7 Å². The molecule has 0 spiro atoms. The lowest BCUT2D eigenvalue weighted by Crippen LogP contribution is -2.40. The van der Waals surface area contributed by atoms with E-state index in [1.54, 1.807) is 6.92 Å². The molecule has 2 unspecified atom stereocenters. The number of sulfonamides is 1. The molecule has 0 aliphatic carbocycles. The van der Waals surface area contributed by atoms with Gasteiger partial charge < -0.3 is 10.2 Å². The minimum atomic E-state index is -3.83. The molecular weight excluding hydrogens is 320 g/mol. The minimum Gasteiger partial charge on any atom is -0.377 e. The number of nitrogens with two attached hydrogens (primary N) is 1. The lowest BCUT2D eigenvalue weighted by molar-refractivity contribution is -0.383. The first kappa shape index (κ1) is 16.1. The highest BCUT2D eigenvalue weighted by Crippen LogP contribution is 2.38. The largest absolute Gasteiger partial charge is 0.377 e.